The normalized spacial score (nSPS) is 14.2. The lowest BCUT2D eigenvalue weighted by Crippen LogP contribution is -2.56. The van der Waals surface area contributed by atoms with Crippen LogP contribution >= 0.6 is 12.4 Å². The summed E-state index contributed by atoms with van der Waals surface area (Å²) in [5.41, 5.74) is 1.06. The van der Waals surface area contributed by atoms with Gasteiger partial charge >= 0.3 is 0 Å². The van der Waals surface area contributed by atoms with E-state index in [1.165, 1.54) is 42.5 Å². The van der Waals surface area contributed by atoms with Crippen LogP contribution in [-0.4, -0.2) is 33.5 Å². The molecule has 6 nitrogen and oxygen atoms in total. The van der Waals surface area contributed by atoms with Gasteiger partial charge in [-0.25, -0.2) is 17.5 Å². The molecule has 3 N–H and O–H groups in total. The fourth-order valence-corrected chi connectivity index (χ4v) is 3.67. The molecule has 0 atom stereocenters. The number of halogens is 2. The smallest absolute Gasteiger partial charge is 0.255 e. The molecule has 26 heavy (non-hydrogen) atoms. The maximum Gasteiger partial charge on any atom is 0.255 e. The number of hydrogen-bond donors (Lipinski definition) is 3. The summed E-state index contributed by atoms with van der Waals surface area (Å²) in [5, 5.41) is 5.62. The third kappa shape index (κ3) is 4.59. The number of carbonyl (C=O) groups is 1. The van der Waals surface area contributed by atoms with Gasteiger partial charge in [-0.1, -0.05) is 6.07 Å². The maximum absolute atomic E-state index is 13.3. The molecule has 1 amide bonds. The minimum absolute atomic E-state index is 0. The third-order valence-electron chi connectivity index (χ3n) is 3.93. The van der Waals surface area contributed by atoms with Crippen LogP contribution in [0.25, 0.3) is 0 Å². The van der Waals surface area contributed by atoms with Gasteiger partial charge in [-0.15, -0.1) is 12.4 Å². The van der Waals surface area contributed by atoms with Crippen LogP contribution in [-0.2, 0) is 10.0 Å². The molecule has 140 valence electrons. The standard InChI is InChI=1S/C17H18FN3O3S.ClH/c1-11-7-13(5-6-16(11)18)20-17(22)12-3-2-4-15(8-12)25(23,24)21-14-9-19-10-14;/h2-8,14,19,21H,9-10H2,1H3,(H,20,22);1H. The fraction of sp³-hybridized carbons (Fsp3) is 0.235. The van der Waals surface area contributed by atoms with E-state index in [1.54, 1.807) is 6.92 Å². The Balaban J connectivity index is 0.00000243. The van der Waals surface area contributed by atoms with E-state index in [9.17, 15) is 17.6 Å². The van der Waals surface area contributed by atoms with Gasteiger partial charge in [0.25, 0.3) is 5.91 Å². The second-order valence-corrected chi connectivity index (χ2v) is 7.64. The van der Waals surface area contributed by atoms with Crippen LogP contribution in [0.4, 0.5) is 10.1 Å². The van der Waals surface area contributed by atoms with Crippen LogP contribution in [0.2, 0.25) is 0 Å². The Bertz CT molecular complexity index is 917. The van der Waals surface area contributed by atoms with Crippen molar-refractivity contribution < 1.29 is 17.6 Å². The molecule has 1 aliphatic rings. The molecule has 1 saturated heterocycles. The number of rotatable bonds is 5. The predicted molar refractivity (Wildman–Crippen MR) is 99.8 cm³/mol. The Kier molecular flexibility index (Phi) is 6.35. The van der Waals surface area contributed by atoms with Gasteiger partial charge in [0.15, 0.2) is 0 Å². The molecule has 3 rings (SSSR count). The van der Waals surface area contributed by atoms with Crippen LogP contribution < -0.4 is 15.4 Å². The minimum atomic E-state index is -3.68. The van der Waals surface area contributed by atoms with Crippen LogP contribution in [0, 0.1) is 12.7 Å². The number of sulfonamides is 1. The Hall–Kier alpha value is -2.00. The lowest BCUT2D eigenvalue weighted by Gasteiger charge is -2.27. The summed E-state index contributed by atoms with van der Waals surface area (Å²) in [5.74, 6) is -0.823. The van der Waals surface area contributed by atoms with E-state index in [2.05, 4.69) is 15.4 Å². The highest BCUT2D eigenvalue weighted by atomic mass is 35.5. The van der Waals surface area contributed by atoms with Crippen LogP contribution in [0.3, 0.4) is 0 Å². The highest BCUT2D eigenvalue weighted by molar-refractivity contribution is 7.89. The van der Waals surface area contributed by atoms with E-state index >= 15 is 0 Å². The van der Waals surface area contributed by atoms with Gasteiger partial charge in [0, 0.05) is 30.4 Å². The van der Waals surface area contributed by atoms with E-state index in [-0.39, 0.29) is 34.7 Å². The molecule has 0 bridgehead atoms. The van der Waals surface area contributed by atoms with Gasteiger partial charge in [0.2, 0.25) is 10.0 Å². The molecule has 0 radical (unpaired) electrons. The molecule has 1 aliphatic heterocycles. The second kappa shape index (κ2) is 8.13. The largest absolute Gasteiger partial charge is 0.322 e. The van der Waals surface area contributed by atoms with Crippen molar-refractivity contribution in [2.24, 2.45) is 0 Å². The topological polar surface area (TPSA) is 87.3 Å². The molecule has 0 aliphatic carbocycles. The van der Waals surface area contributed by atoms with Crippen molar-refractivity contribution in [3.63, 3.8) is 0 Å². The maximum atomic E-state index is 13.3. The molecular weight excluding hydrogens is 381 g/mol. The fourth-order valence-electron chi connectivity index (χ4n) is 2.39. The quantitative estimate of drug-likeness (QED) is 0.718. The van der Waals surface area contributed by atoms with Crippen molar-refractivity contribution in [2.75, 3.05) is 18.4 Å². The average Bonchev–Trinajstić information content (AvgIpc) is 2.55. The number of anilines is 1. The predicted octanol–water partition coefficient (Wildman–Crippen LogP) is 2.06. The summed E-state index contributed by atoms with van der Waals surface area (Å²) in [6, 6.07) is 9.89. The van der Waals surface area contributed by atoms with Crippen molar-refractivity contribution in [1.82, 2.24) is 10.0 Å². The summed E-state index contributed by atoms with van der Waals surface area (Å²) in [7, 11) is -3.68. The Morgan fingerprint density at radius 2 is 1.92 bits per heavy atom. The molecule has 1 fully saturated rings. The van der Waals surface area contributed by atoms with Crippen molar-refractivity contribution >= 4 is 34.0 Å². The zero-order valence-corrected chi connectivity index (χ0v) is 15.6. The number of hydrogen-bond acceptors (Lipinski definition) is 4. The Morgan fingerprint density at radius 1 is 1.19 bits per heavy atom. The van der Waals surface area contributed by atoms with Crippen molar-refractivity contribution in [2.45, 2.75) is 17.9 Å². The SMILES string of the molecule is Cc1cc(NC(=O)c2cccc(S(=O)(=O)NC3CNC3)c2)ccc1F.Cl. The molecule has 0 unspecified atom stereocenters. The highest BCUT2D eigenvalue weighted by Gasteiger charge is 2.24. The van der Waals surface area contributed by atoms with Crippen molar-refractivity contribution in [3.8, 4) is 0 Å². The number of nitrogens with one attached hydrogen (secondary N) is 3. The highest BCUT2D eigenvalue weighted by Crippen LogP contribution is 2.17. The number of benzene rings is 2. The summed E-state index contributed by atoms with van der Waals surface area (Å²) in [6.45, 7) is 2.77. The molecule has 0 saturated carbocycles. The van der Waals surface area contributed by atoms with Crippen molar-refractivity contribution in [1.29, 1.82) is 0 Å². The first-order valence-corrected chi connectivity index (χ1v) is 9.24. The monoisotopic (exact) mass is 399 g/mol. The molecule has 2 aromatic rings. The Labute approximate surface area is 157 Å². The van der Waals surface area contributed by atoms with Gasteiger partial charge in [0.1, 0.15) is 5.82 Å². The lowest BCUT2D eigenvalue weighted by molar-refractivity contribution is 0.102. The molecule has 1 heterocycles. The third-order valence-corrected chi connectivity index (χ3v) is 5.44. The van der Waals surface area contributed by atoms with E-state index < -0.39 is 15.9 Å². The first kappa shape index (κ1) is 20.3. The molecule has 0 aromatic heterocycles. The second-order valence-electron chi connectivity index (χ2n) is 5.92. The van der Waals surface area contributed by atoms with Gasteiger partial charge < -0.3 is 10.6 Å². The van der Waals surface area contributed by atoms with E-state index in [4.69, 9.17) is 0 Å². The van der Waals surface area contributed by atoms with Gasteiger partial charge in [-0.3, -0.25) is 4.79 Å². The lowest BCUT2D eigenvalue weighted by atomic mass is 10.2. The number of amides is 1. The van der Waals surface area contributed by atoms with Crippen LogP contribution in [0.5, 0.6) is 0 Å². The van der Waals surface area contributed by atoms with Gasteiger partial charge in [0.05, 0.1) is 4.90 Å². The average molecular weight is 400 g/mol. The van der Waals surface area contributed by atoms with Crippen molar-refractivity contribution in [3.05, 3.63) is 59.4 Å². The van der Waals surface area contributed by atoms with Crippen LogP contribution in [0.15, 0.2) is 47.4 Å². The molecule has 2 aromatic carbocycles. The molecular formula is C17H19ClFN3O3S. The van der Waals surface area contributed by atoms with Crippen LogP contribution in [0.1, 0.15) is 15.9 Å². The number of carbonyl (C=O) groups excluding carboxylic acids is 1. The summed E-state index contributed by atoms with van der Waals surface area (Å²) >= 11 is 0. The van der Waals surface area contributed by atoms with E-state index in [0.717, 1.165) is 0 Å². The molecule has 0 spiro atoms. The summed E-state index contributed by atoms with van der Waals surface area (Å²) < 4.78 is 40.5. The zero-order valence-electron chi connectivity index (χ0n) is 14.0. The summed E-state index contributed by atoms with van der Waals surface area (Å²) in [4.78, 5) is 12.4. The summed E-state index contributed by atoms with van der Waals surface area (Å²) in [6.07, 6.45) is 0. The van der Waals surface area contributed by atoms with Gasteiger partial charge in [-0.05, 0) is 48.9 Å². The minimum Gasteiger partial charge on any atom is -0.322 e. The van der Waals surface area contributed by atoms with Gasteiger partial charge in [-0.2, -0.15) is 0 Å². The van der Waals surface area contributed by atoms with E-state index in [0.29, 0.717) is 24.3 Å². The van der Waals surface area contributed by atoms with E-state index in [1.807, 2.05) is 0 Å². The first-order chi connectivity index (χ1) is 11.8. The zero-order chi connectivity index (χ0) is 18.0. The number of aryl methyl sites for hydroxylation is 1. The Morgan fingerprint density at radius 3 is 2.54 bits per heavy atom. The molecule has 9 heteroatoms. The first-order valence-electron chi connectivity index (χ1n) is 7.76.